The maximum atomic E-state index is 10.6. The topological polar surface area (TPSA) is 42.4 Å². The monoisotopic (exact) mass is 224 g/mol. The highest BCUT2D eigenvalue weighted by atomic mass is 32.1. The number of morpholine rings is 1. The number of hydrogen-bond donors (Lipinski definition) is 0. The second kappa shape index (κ2) is 3.57. The van der Waals surface area contributed by atoms with Gasteiger partial charge in [0.2, 0.25) is 0 Å². The van der Waals surface area contributed by atoms with E-state index in [0.29, 0.717) is 17.0 Å². The molecule has 0 radical (unpaired) electrons. The highest BCUT2D eigenvalue weighted by Crippen LogP contribution is 2.35. The fourth-order valence-electron chi connectivity index (χ4n) is 2.39. The number of carbonyl (C=O) groups is 1. The lowest BCUT2D eigenvalue weighted by molar-refractivity contribution is 0.0906. The molecule has 1 aromatic rings. The van der Waals surface area contributed by atoms with Crippen molar-refractivity contribution in [3.8, 4) is 0 Å². The molecule has 2 unspecified atom stereocenters. The Balaban J connectivity index is 1.90. The summed E-state index contributed by atoms with van der Waals surface area (Å²) in [6, 6.07) is 0.934. The summed E-state index contributed by atoms with van der Waals surface area (Å²) >= 11 is 1.48. The molecular weight excluding hydrogens is 212 g/mol. The lowest BCUT2D eigenvalue weighted by atomic mass is 10.2. The van der Waals surface area contributed by atoms with Crippen molar-refractivity contribution in [2.45, 2.75) is 24.9 Å². The Hall–Kier alpha value is -0.940. The summed E-state index contributed by atoms with van der Waals surface area (Å²) in [5, 5.41) is 0.980. The first-order valence-corrected chi connectivity index (χ1v) is 5.97. The van der Waals surface area contributed by atoms with Crippen LogP contribution in [0.1, 0.15) is 22.5 Å². The van der Waals surface area contributed by atoms with E-state index in [4.69, 9.17) is 4.74 Å². The molecule has 0 saturated carbocycles. The second-order valence-electron chi connectivity index (χ2n) is 3.99. The molecule has 3 rings (SSSR count). The summed E-state index contributed by atoms with van der Waals surface area (Å²) < 4.78 is 5.51. The Morgan fingerprint density at radius 1 is 1.47 bits per heavy atom. The predicted molar refractivity (Wildman–Crippen MR) is 57.6 cm³/mol. The van der Waals surface area contributed by atoms with Gasteiger partial charge in [-0.25, -0.2) is 4.98 Å². The van der Waals surface area contributed by atoms with E-state index in [1.54, 1.807) is 6.20 Å². The van der Waals surface area contributed by atoms with Crippen molar-refractivity contribution in [3.05, 3.63) is 11.1 Å². The molecule has 1 aromatic heterocycles. The van der Waals surface area contributed by atoms with Crippen LogP contribution < -0.4 is 4.90 Å². The highest BCUT2D eigenvalue weighted by molar-refractivity contribution is 7.17. The number of aldehydes is 1. The van der Waals surface area contributed by atoms with Crippen LogP contribution in [0.4, 0.5) is 5.13 Å². The van der Waals surface area contributed by atoms with E-state index in [1.807, 2.05) is 0 Å². The minimum absolute atomic E-state index is 0.467. The third kappa shape index (κ3) is 1.46. The van der Waals surface area contributed by atoms with Gasteiger partial charge in [0.1, 0.15) is 0 Å². The van der Waals surface area contributed by atoms with E-state index in [9.17, 15) is 4.79 Å². The van der Waals surface area contributed by atoms with Crippen molar-refractivity contribution >= 4 is 22.8 Å². The number of anilines is 1. The van der Waals surface area contributed by atoms with E-state index >= 15 is 0 Å². The Morgan fingerprint density at radius 3 is 2.80 bits per heavy atom. The van der Waals surface area contributed by atoms with Crippen LogP contribution in [0.25, 0.3) is 0 Å². The fourth-order valence-corrected chi connectivity index (χ4v) is 3.26. The zero-order valence-electron chi connectivity index (χ0n) is 8.26. The van der Waals surface area contributed by atoms with Crippen LogP contribution in [0, 0.1) is 0 Å². The van der Waals surface area contributed by atoms with Gasteiger partial charge >= 0.3 is 0 Å². The SMILES string of the molecule is O=Cc1cnc(N2C3CCC2COC3)s1. The van der Waals surface area contributed by atoms with Crippen molar-refractivity contribution in [2.75, 3.05) is 18.1 Å². The van der Waals surface area contributed by atoms with E-state index in [0.717, 1.165) is 24.6 Å². The van der Waals surface area contributed by atoms with E-state index in [2.05, 4.69) is 9.88 Å². The zero-order valence-corrected chi connectivity index (χ0v) is 9.07. The van der Waals surface area contributed by atoms with Gasteiger partial charge < -0.3 is 9.64 Å². The van der Waals surface area contributed by atoms with Gasteiger partial charge in [0.15, 0.2) is 11.4 Å². The molecule has 2 fully saturated rings. The standard InChI is InChI=1S/C10H12N2O2S/c13-4-9-3-11-10(15-9)12-7-1-2-8(12)6-14-5-7/h3-4,7-8H,1-2,5-6H2. The lowest BCUT2D eigenvalue weighted by Crippen LogP contribution is -2.45. The van der Waals surface area contributed by atoms with Crippen molar-refractivity contribution in [1.82, 2.24) is 4.98 Å². The summed E-state index contributed by atoms with van der Waals surface area (Å²) in [7, 11) is 0. The van der Waals surface area contributed by atoms with E-state index in [1.165, 1.54) is 24.2 Å². The number of aromatic nitrogens is 1. The first-order chi connectivity index (χ1) is 7.38. The van der Waals surface area contributed by atoms with E-state index in [-0.39, 0.29) is 0 Å². The number of nitrogens with zero attached hydrogens (tertiary/aromatic N) is 2. The van der Waals surface area contributed by atoms with E-state index < -0.39 is 0 Å². The number of hydrogen-bond acceptors (Lipinski definition) is 5. The summed E-state index contributed by atoms with van der Waals surface area (Å²) in [5.41, 5.74) is 0. The highest BCUT2D eigenvalue weighted by Gasteiger charge is 2.38. The minimum atomic E-state index is 0.467. The number of carbonyl (C=O) groups excluding carboxylic acids is 1. The minimum Gasteiger partial charge on any atom is -0.377 e. The zero-order chi connectivity index (χ0) is 10.3. The normalized spacial score (nSPS) is 29.5. The third-order valence-corrected chi connectivity index (χ3v) is 4.02. The first-order valence-electron chi connectivity index (χ1n) is 5.15. The smallest absolute Gasteiger partial charge is 0.186 e. The Labute approximate surface area is 91.9 Å². The van der Waals surface area contributed by atoms with Crippen LogP contribution in [-0.4, -0.2) is 36.6 Å². The van der Waals surface area contributed by atoms with Gasteiger partial charge in [0, 0.05) is 0 Å². The molecular formula is C10H12N2O2S. The van der Waals surface area contributed by atoms with Crippen molar-refractivity contribution in [1.29, 1.82) is 0 Å². The van der Waals surface area contributed by atoms with Gasteiger partial charge in [-0.15, -0.1) is 0 Å². The van der Waals surface area contributed by atoms with Gasteiger partial charge in [-0.1, -0.05) is 11.3 Å². The molecule has 2 aliphatic rings. The van der Waals surface area contributed by atoms with Gasteiger partial charge in [0.25, 0.3) is 0 Å². The molecule has 0 amide bonds. The number of ether oxygens (including phenoxy) is 1. The van der Waals surface area contributed by atoms with Crippen molar-refractivity contribution < 1.29 is 9.53 Å². The summed E-state index contributed by atoms with van der Waals surface area (Å²) in [4.78, 5) is 18.0. The quantitative estimate of drug-likeness (QED) is 0.711. The average Bonchev–Trinajstić information content (AvgIpc) is 2.81. The van der Waals surface area contributed by atoms with Crippen LogP contribution in [0.3, 0.4) is 0 Å². The maximum Gasteiger partial charge on any atom is 0.186 e. The first kappa shape index (κ1) is 9.30. The molecule has 0 spiro atoms. The molecule has 2 saturated heterocycles. The largest absolute Gasteiger partial charge is 0.377 e. The second-order valence-corrected chi connectivity index (χ2v) is 5.03. The molecule has 2 aliphatic heterocycles. The van der Waals surface area contributed by atoms with Gasteiger partial charge in [0.05, 0.1) is 36.4 Å². The molecule has 3 heterocycles. The van der Waals surface area contributed by atoms with Gasteiger partial charge in [-0.2, -0.15) is 0 Å². The Morgan fingerprint density at radius 2 is 2.20 bits per heavy atom. The summed E-state index contributed by atoms with van der Waals surface area (Å²) in [6.45, 7) is 1.60. The molecule has 0 N–H and O–H groups in total. The van der Waals surface area contributed by atoms with Crippen LogP contribution in [0.5, 0.6) is 0 Å². The molecule has 80 valence electrons. The molecule has 2 atom stereocenters. The third-order valence-electron chi connectivity index (χ3n) is 3.09. The molecule has 5 heteroatoms. The molecule has 0 aliphatic carbocycles. The maximum absolute atomic E-state index is 10.6. The predicted octanol–water partition coefficient (Wildman–Crippen LogP) is 1.32. The van der Waals surface area contributed by atoms with Crippen molar-refractivity contribution in [3.63, 3.8) is 0 Å². The van der Waals surface area contributed by atoms with Crippen LogP contribution in [0.15, 0.2) is 6.20 Å². The summed E-state index contributed by atoms with van der Waals surface area (Å²) in [6.07, 6.45) is 4.88. The summed E-state index contributed by atoms with van der Waals surface area (Å²) in [5.74, 6) is 0. The average molecular weight is 224 g/mol. The van der Waals surface area contributed by atoms with Crippen LogP contribution in [-0.2, 0) is 4.74 Å². The van der Waals surface area contributed by atoms with Gasteiger partial charge in [-0.05, 0) is 12.8 Å². The van der Waals surface area contributed by atoms with Crippen molar-refractivity contribution in [2.24, 2.45) is 0 Å². The lowest BCUT2D eigenvalue weighted by Gasteiger charge is -2.34. The Kier molecular flexibility index (Phi) is 2.21. The molecule has 4 nitrogen and oxygen atoms in total. The van der Waals surface area contributed by atoms with Gasteiger partial charge in [-0.3, -0.25) is 4.79 Å². The van der Waals surface area contributed by atoms with Crippen LogP contribution in [0.2, 0.25) is 0 Å². The molecule has 2 bridgehead atoms. The number of thiazole rings is 1. The Bertz CT molecular complexity index is 363. The number of fused-ring (bicyclic) bond motifs is 2. The number of rotatable bonds is 2. The molecule has 0 aromatic carbocycles. The fraction of sp³-hybridized carbons (Fsp3) is 0.600. The molecule has 15 heavy (non-hydrogen) atoms. The van der Waals surface area contributed by atoms with Crippen LogP contribution >= 0.6 is 11.3 Å².